The molecule has 0 heterocycles. The Labute approximate surface area is 66.1 Å². The largest absolute Gasteiger partial charge is 0.425 e. The van der Waals surface area contributed by atoms with E-state index in [4.69, 9.17) is 4.43 Å². The van der Waals surface area contributed by atoms with E-state index in [-0.39, 0.29) is 0 Å². The van der Waals surface area contributed by atoms with Crippen LogP contribution in [-0.4, -0.2) is 22.3 Å². The van der Waals surface area contributed by atoms with Crippen LogP contribution in [0.25, 0.3) is 0 Å². The van der Waals surface area contributed by atoms with Crippen LogP contribution in [-0.2, 0) is 4.43 Å². The molecule has 0 aromatic carbocycles. The van der Waals surface area contributed by atoms with Crippen molar-refractivity contribution in [3.8, 4) is 0 Å². The molecule has 3 heteroatoms. The Morgan fingerprint density at radius 3 is 2.67 bits per heavy atom. The molecular weight excluding hydrogens is 148 g/mol. The zero-order valence-corrected chi connectivity index (χ0v) is 9.16. The maximum Gasteiger partial charge on any atom is 0.146 e. The second-order valence-corrected chi connectivity index (χ2v) is 3.18. The first-order valence-corrected chi connectivity index (χ1v) is 4.89. The van der Waals surface area contributed by atoms with Crippen molar-refractivity contribution in [2.75, 3.05) is 5.75 Å². The Morgan fingerprint density at radius 1 is 1.56 bits per heavy atom. The summed E-state index contributed by atoms with van der Waals surface area (Å²) in [6.07, 6.45) is 4.16. The second-order valence-electron chi connectivity index (χ2n) is 2.27. The Balaban J connectivity index is 2.88. The van der Waals surface area contributed by atoms with E-state index < -0.39 is 0 Å². The van der Waals surface area contributed by atoms with E-state index in [1.165, 1.54) is 19.3 Å². The van der Waals surface area contributed by atoms with Crippen molar-refractivity contribution in [2.24, 2.45) is 0 Å². The number of thiol groups is 1. The Kier molecular flexibility index (Phi) is 7.03. The molecule has 0 radical (unpaired) electrons. The van der Waals surface area contributed by atoms with Gasteiger partial charge >= 0.3 is 0 Å². The normalized spacial score (nSPS) is 14.0. The van der Waals surface area contributed by atoms with Gasteiger partial charge < -0.3 is 4.43 Å². The predicted octanol–water partition coefficient (Wildman–Crippen LogP) is 0.772. The summed E-state index contributed by atoms with van der Waals surface area (Å²) in [7, 11) is 0.872. The monoisotopic (exact) mass is 164 g/mol. The van der Waals surface area contributed by atoms with Gasteiger partial charge in [-0.25, -0.2) is 0 Å². The minimum atomic E-state index is 0.483. The summed E-state index contributed by atoms with van der Waals surface area (Å²) in [6, 6.07) is 0. The van der Waals surface area contributed by atoms with Gasteiger partial charge in [-0.3, -0.25) is 0 Å². The van der Waals surface area contributed by atoms with Crippen LogP contribution in [0.5, 0.6) is 0 Å². The molecule has 0 saturated carbocycles. The Morgan fingerprint density at radius 2 is 2.22 bits per heavy atom. The average Bonchev–Trinajstić information content (AvgIpc) is 1.89. The maximum atomic E-state index is 5.21. The molecule has 0 aliphatic heterocycles. The molecular formula is C6H16OSSi. The third kappa shape index (κ3) is 6.41. The first-order valence-electron chi connectivity index (χ1n) is 3.45. The van der Waals surface area contributed by atoms with E-state index in [1.807, 2.05) is 0 Å². The van der Waals surface area contributed by atoms with Crippen molar-refractivity contribution in [1.29, 1.82) is 0 Å². The van der Waals surface area contributed by atoms with E-state index in [9.17, 15) is 0 Å². The molecule has 1 unspecified atom stereocenters. The smallest absolute Gasteiger partial charge is 0.146 e. The van der Waals surface area contributed by atoms with Crippen molar-refractivity contribution < 1.29 is 4.43 Å². The van der Waals surface area contributed by atoms with Gasteiger partial charge in [0.2, 0.25) is 0 Å². The van der Waals surface area contributed by atoms with Gasteiger partial charge in [0.05, 0.1) is 0 Å². The van der Waals surface area contributed by atoms with Crippen molar-refractivity contribution in [3.05, 3.63) is 0 Å². The molecule has 0 amide bonds. The molecule has 0 N–H and O–H groups in total. The quantitative estimate of drug-likeness (QED) is 0.359. The SMILES string of the molecule is CC(CCCCS)O[SiH3]. The third-order valence-electron chi connectivity index (χ3n) is 1.42. The van der Waals surface area contributed by atoms with Gasteiger partial charge in [-0.05, 0) is 25.5 Å². The molecule has 0 bridgehead atoms. The van der Waals surface area contributed by atoms with Gasteiger partial charge in [0.15, 0.2) is 0 Å². The predicted molar refractivity (Wildman–Crippen MR) is 48.2 cm³/mol. The highest BCUT2D eigenvalue weighted by molar-refractivity contribution is 7.80. The van der Waals surface area contributed by atoms with Crippen LogP contribution in [0.15, 0.2) is 0 Å². The van der Waals surface area contributed by atoms with Crippen LogP contribution in [0, 0.1) is 0 Å². The maximum absolute atomic E-state index is 5.21. The standard InChI is InChI=1S/C6H16OSSi/c1-6(7-9)4-2-3-5-8/h6,8H,2-5H2,1,9H3. The third-order valence-corrected chi connectivity index (χ3v) is 2.54. The van der Waals surface area contributed by atoms with Crippen LogP contribution in [0.2, 0.25) is 0 Å². The van der Waals surface area contributed by atoms with Gasteiger partial charge in [-0.1, -0.05) is 6.42 Å². The Hall–Kier alpha value is 0.527. The fourth-order valence-electron chi connectivity index (χ4n) is 0.661. The van der Waals surface area contributed by atoms with Gasteiger partial charge in [-0.15, -0.1) is 0 Å². The minimum Gasteiger partial charge on any atom is -0.425 e. The minimum absolute atomic E-state index is 0.483. The molecule has 0 rings (SSSR count). The van der Waals surface area contributed by atoms with Crippen LogP contribution >= 0.6 is 12.6 Å². The molecule has 0 fully saturated rings. The molecule has 0 aliphatic rings. The van der Waals surface area contributed by atoms with E-state index in [0.717, 1.165) is 16.2 Å². The second kappa shape index (κ2) is 6.64. The molecule has 1 nitrogen and oxygen atoms in total. The number of unbranched alkanes of at least 4 members (excludes halogenated alkanes) is 1. The van der Waals surface area contributed by atoms with E-state index in [2.05, 4.69) is 19.6 Å². The van der Waals surface area contributed by atoms with Crippen LogP contribution in [0.1, 0.15) is 26.2 Å². The first kappa shape index (κ1) is 9.53. The van der Waals surface area contributed by atoms with Crippen molar-refractivity contribution >= 4 is 23.1 Å². The average molecular weight is 164 g/mol. The molecule has 9 heavy (non-hydrogen) atoms. The fraction of sp³-hybridized carbons (Fsp3) is 1.00. The lowest BCUT2D eigenvalue weighted by atomic mass is 10.2. The molecule has 56 valence electrons. The summed E-state index contributed by atoms with van der Waals surface area (Å²) < 4.78 is 5.21. The summed E-state index contributed by atoms with van der Waals surface area (Å²) in [4.78, 5) is 0. The van der Waals surface area contributed by atoms with Crippen LogP contribution in [0.4, 0.5) is 0 Å². The number of rotatable bonds is 5. The number of hydrogen-bond acceptors (Lipinski definition) is 2. The molecule has 0 aromatic rings. The number of hydrogen-bond donors (Lipinski definition) is 1. The molecule has 0 aliphatic carbocycles. The van der Waals surface area contributed by atoms with E-state index in [0.29, 0.717) is 6.10 Å². The Bertz CT molecular complexity index is 61.0. The highest BCUT2D eigenvalue weighted by Gasteiger charge is 1.95. The van der Waals surface area contributed by atoms with Crippen molar-refractivity contribution in [1.82, 2.24) is 0 Å². The zero-order valence-electron chi connectivity index (χ0n) is 6.26. The van der Waals surface area contributed by atoms with E-state index in [1.54, 1.807) is 0 Å². The van der Waals surface area contributed by atoms with Gasteiger partial charge in [0.25, 0.3) is 0 Å². The summed E-state index contributed by atoms with van der Waals surface area (Å²) in [5.74, 6) is 1.01. The topological polar surface area (TPSA) is 9.23 Å². The summed E-state index contributed by atoms with van der Waals surface area (Å²) in [5.41, 5.74) is 0. The lowest BCUT2D eigenvalue weighted by Crippen LogP contribution is -2.04. The first-order chi connectivity index (χ1) is 4.31. The zero-order chi connectivity index (χ0) is 7.11. The fourth-order valence-corrected chi connectivity index (χ4v) is 1.12. The molecule has 0 saturated heterocycles. The molecule has 0 spiro atoms. The van der Waals surface area contributed by atoms with Crippen LogP contribution in [0.3, 0.4) is 0 Å². The summed E-state index contributed by atoms with van der Waals surface area (Å²) in [6.45, 7) is 2.13. The molecule has 0 aromatic heterocycles. The lowest BCUT2D eigenvalue weighted by molar-refractivity contribution is 0.228. The van der Waals surface area contributed by atoms with Gasteiger partial charge in [0, 0.05) is 6.10 Å². The van der Waals surface area contributed by atoms with Crippen molar-refractivity contribution in [2.45, 2.75) is 32.3 Å². The van der Waals surface area contributed by atoms with Gasteiger partial charge in [-0.2, -0.15) is 12.6 Å². The molecule has 1 atom stereocenters. The van der Waals surface area contributed by atoms with Crippen molar-refractivity contribution in [3.63, 3.8) is 0 Å². The highest BCUT2D eigenvalue weighted by atomic mass is 32.1. The lowest BCUT2D eigenvalue weighted by Gasteiger charge is -2.07. The summed E-state index contributed by atoms with van der Waals surface area (Å²) >= 11 is 4.12. The van der Waals surface area contributed by atoms with Gasteiger partial charge in [0.1, 0.15) is 10.5 Å². The van der Waals surface area contributed by atoms with Crippen LogP contribution < -0.4 is 0 Å². The highest BCUT2D eigenvalue weighted by Crippen LogP contribution is 2.02. The van der Waals surface area contributed by atoms with E-state index >= 15 is 0 Å². The summed E-state index contributed by atoms with van der Waals surface area (Å²) in [5, 5.41) is 0.